The molecule has 1 N–H and O–H groups in total. The predicted octanol–water partition coefficient (Wildman–Crippen LogP) is 5.62. The van der Waals surface area contributed by atoms with Gasteiger partial charge in [-0.15, -0.1) is 11.3 Å². The number of carbonyl (C=O) groups excluding carboxylic acids is 1. The van der Waals surface area contributed by atoms with Gasteiger partial charge in [-0.25, -0.2) is 0 Å². The van der Waals surface area contributed by atoms with Crippen molar-refractivity contribution in [3.63, 3.8) is 0 Å². The fraction of sp³-hybridized carbons (Fsp3) is 0.240. The summed E-state index contributed by atoms with van der Waals surface area (Å²) in [5, 5.41) is 24.1. The fourth-order valence-corrected chi connectivity index (χ4v) is 5.13. The SMILES string of the molecule is Cc1ccc(/C=C/C2=Cc3c(sc(NC(=O)COc4cccnc4[N+](=O)[O-])c3C#N)C(C)(C)C2)o1. The number of aryl methyl sites for hydroxylation is 1. The van der Waals surface area contributed by atoms with Crippen LogP contribution in [0.25, 0.3) is 12.2 Å². The molecule has 3 aromatic heterocycles. The molecule has 0 aromatic carbocycles. The number of carbonyl (C=O) groups is 1. The van der Waals surface area contributed by atoms with Crippen molar-refractivity contribution in [3.05, 3.63) is 79.8 Å². The second kappa shape index (κ2) is 9.56. The van der Waals surface area contributed by atoms with Gasteiger partial charge in [0.05, 0.1) is 5.56 Å². The Hall–Kier alpha value is -4.23. The van der Waals surface area contributed by atoms with E-state index in [1.807, 2.05) is 37.3 Å². The Balaban J connectivity index is 1.55. The zero-order chi connectivity index (χ0) is 25.2. The van der Waals surface area contributed by atoms with Crippen LogP contribution >= 0.6 is 11.3 Å². The number of anilines is 1. The van der Waals surface area contributed by atoms with Crippen molar-refractivity contribution >= 4 is 40.2 Å². The zero-order valence-electron chi connectivity index (χ0n) is 19.3. The second-order valence-electron chi connectivity index (χ2n) is 8.64. The van der Waals surface area contributed by atoms with Crippen molar-refractivity contribution in [1.29, 1.82) is 5.26 Å². The number of aromatic nitrogens is 1. The predicted molar refractivity (Wildman–Crippen MR) is 132 cm³/mol. The number of amides is 1. The Labute approximate surface area is 205 Å². The molecule has 0 unspecified atom stereocenters. The number of hydrogen-bond acceptors (Lipinski definition) is 8. The summed E-state index contributed by atoms with van der Waals surface area (Å²) < 4.78 is 10.9. The molecule has 1 aliphatic carbocycles. The molecule has 0 saturated heterocycles. The van der Waals surface area contributed by atoms with Crippen LogP contribution in [-0.4, -0.2) is 22.4 Å². The number of allylic oxidation sites excluding steroid dienone is 2. The number of furan rings is 1. The first-order valence-electron chi connectivity index (χ1n) is 10.7. The van der Waals surface area contributed by atoms with Gasteiger partial charge in [0.1, 0.15) is 28.8 Å². The van der Waals surface area contributed by atoms with Gasteiger partial charge in [0.2, 0.25) is 5.75 Å². The summed E-state index contributed by atoms with van der Waals surface area (Å²) in [6.45, 7) is 5.61. The quantitative estimate of drug-likeness (QED) is 0.336. The zero-order valence-corrected chi connectivity index (χ0v) is 20.1. The lowest BCUT2D eigenvalue weighted by Gasteiger charge is -2.29. The summed E-state index contributed by atoms with van der Waals surface area (Å²) in [7, 11) is 0. The van der Waals surface area contributed by atoms with Crippen molar-refractivity contribution in [2.45, 2.75) is 32.6 Å². The van der Waals surface area contributed by atoms with E-state index in [0.717, 1.165) is 34.0 Å². The van der Waals surface area contributed by atoms with Crippen LogP contribution < -0.4 is 10.1 Å². The summed E-state index contributed by atoms with van der Waals surface area (Å²) in [6, 6.07) is 8.86. The summed E-state index contributed by atoms with van der Waals surface area (Å²) in [5.74, 6) is 0.470. The number of thiophene rings is 1. The Bertz CT molecular complexity index is 1410. The number of hydrogen-bond donors (Lipinski definition) is 1. The number of nitro groups is 1. The number of nitrogens with zero attached hydrogens (tertiary/aromatic N) is 3. The van der Waals surface area contributed by atoms with Gasteiger partial charge in [0.15, 0.2) is 6.61 Å². The van der Waals surface area contributed by atoms with Gasteiger partial charge in [-0.1, -0.05) is 19.9 Å². The maximum Gasteiger partial charge on any atom is 0.406 e. The van der Waals surface area contributed by atoms with E-state index in [4.69, 9.17) is 9.15 Å². The molecule has 0 spiro atoms. The van der Waals surface area contributed by atoms with Crippen LogP contribution in [0.15, 0.2) is 46.5 Å². The van der Waals surface area contributed by atoms with Crippen LogP contribution in [-0.2, 0) is 10.2 Å². The number of nitrogens with one attached hydrogen (secondary N) is 1. The molecule has 10 heteroatoms. The van der Waals surface area contributed by atoms with Gasteiger partial charge in [0, 0.05) is 15.9 Å². The van der Waals surface area contributed by atoms with Crippen molar-refractivity contribution in [2.24, 2.45) is 0 Å². The Kier molecular flexibility index (Phi) is 6.53. The average molecular weight is 491 g/mol. The molecule has 4 rings (SSSR count). The lowest BCUT2D eigenvalue weighted by molar-refractivity contribution is -0.390. The third-order valence-electron chi connectivity index (χ3n) is 5.41. The summed E-state index contributed by atoms with van der Waals surface area (Å²) >= 11 is 1.35. The molecule has 0 bridgehead atoms. The monoisotopic (exact) mass is 490 g/mol. The molecule has 0 atom stereocenters. The molecular weight excluding hydrogens is 468 g/mol. The third kappa shape index (κ3) is 5.15. The first kappa shape index (κ1) is 23.9. The smallest absolute Gasteiger partial charge is 0.406 e. The fourth-order valence-electron chi connectivity index (χ4n) is 3.89. The Morgan fingerprint density at radius 1 is 1.40 bits per heavy atom. The number of rotatable bonds is 7. The molecular formula is C25H22N4O5S. The molecule has 0 saturated carbocycles. The van der Waals surface area contributed by atoms with Crippen LogP contribution in [0, 0.1) is 28.4 Å². The van der Waals surface area contributed by atoms with Gasteiger partial charge in [-0.05, 0) is 65.2 Å². The number of pyridine rings is 1. The van der Waals surface area contributed by atoms with E-state index in [0.29, 0.717) is 10.6 Å². The minimum absolute atomic E-state index is 0.106. The van der Waals surface area contributed by atoms with E-state index in [2.05, 4.69) is 30.2 Å². The van der Waals surface area contributed by atoms with Crippen LogP contribution in [0.5, 0.6) is 5.75 Å². The number of ether oxygens (including phenoxy) is 1. The van der Waals surface area contributed by atoms with Gasteiger partial charge < -0.3 is 24.6 Å². The average Bonchev–Trinajstić information content (AvgIpc) is 3.39. The van der Waals surface area contributed by atoms with E-state index in [9.17, 15) is 20.2 Å². The number of nitriles is 1. The largest absolute Gasteiger partial charge is 0.476 e. The Morgan fingerprint density at radius 3 is 2.89 bits per heavy atom. The maximum absolute atomic E-state index is 12.6. The van der Waals surface area contributed by atoms with Crippen LogP contribution in [0.2, 0.25) is 0 Å². The molecule has 3 heterocycles. The molecule has 3 aromatic rings. The lowest BCUT2D eigenvalue weighted by atomic mass is 9.77. The standard InChI is InChI=1S/C25H22N4O5S/c1-15-6-8-17(34-15)9-7-16-11-18-19(13-26)24(35-22(18)25(2,3)12-16)28-21(30)14-33-20-5-4-10-27-23(20)29(31)32/h4-11H,12,14H2,1-3H3,(H,28,30)/b9-7+. The minimum atomic E-state index is -0.679. The molecule has 0 radical (unpaired) electrons. The molecule has 1 aliphatic rings. The van der Waals surface area contributed by atoms with Crippen molar-refractivity contribution in [3.8, 4) is 11.8 Å². The highest BCUT2D eigenvalue weighted by Crippen LogP contribution is 2.47. The van der Waals surface area contributed by atoms with E-state index >= 15 is 0 Å². The van der Waals surface area contributed by atoms with Crippen LogP contribution in [0.1, 0.15) is 47.8 Å². The summed E-state index contributed by atoms with van der Waals surface area (Å²) in [5.41, 5.74) is 1.94. The van der Waals surface area contributed by atoms with E-state index in [-0.39, 0.29) is 11.2 Å². The summed E-state index contributed by atoms with van der Waals surface area (Å²) in [6.07, 6.45) is 7.87. The van der Waals surface area contributed by atoms with E-state index < -0.39 is 23.3 Å². The Morgan fingerprint density at radius 2 is 2.20 bits per heavy atom. The normalized spacial score (nSPS) is 14.2. The van der Waals surface area contributed by atoms with Crippen LogP contribution in [0.4, 0.5) is 10.8 Å². The topological polar surface area (TPSA) is 131 Å². The van der Waals surface area contributed by atoms with Gasteiger partial charge in [0.25, 0.3) is 5.91 Å². The molecule has 0 aliphatic heterocycles. The molecule has 9 nitrogen and oxygen atoms in total. The summed E-state index contributed by atoms with van der Waals surface area (Å²) in [4.78, 5) is 27.6. The van der Waals surface area contributed by atoms with E-state index in [1.165, 1.54) is 29.7 Å². The van der Waals surface area contributed by atoms with Crippen molar-refractivity contribution in [1.82, 2.24) is 4.98 Å². The van der Waals surface area contributed by atoms with Gasteiger partial charge in [-0.3, -0.25) is 4.79 Å². The molecule has 178 valence electrons. The van der Waals surface area contributed by atoms with E-state index in [1.54, 1.807) is 0 Å². The van der Waals surface area contributed by atoms with Crippen molar-refractivity contribution < 1.29 is 18.9 Å². The molecule has 35 heavy (non-hydrogen) atoms. The maximum atomic E-state index is 12.6. The minimum Gasteiger partial charge on any atom is -0.476 e. The third-order valence-corrected chi connectivity index (χ3v) is 6.89. The van der Waals surface area contributed by atoms with Gasteiger partial charge in [-0.2, -0.15) is 5.26 Å². The molecule has 1 amide bonds. The highest BCUT2D eigenvalue weighted by atomic mass is 32.1. The lowest BCUT2D eigenvalue weighted by Crippen LogP contribution is -2.20. The first-order valence-corrected chi connectivity index (χ1v) is 11.5. The highest BCUT2D eigenvalue weighted by molar-refractivity contribution is 7.17. The van der Waals surface area contributed by atoms with Crippen LogP contribution in [0.3, 0.4) is 0 Å². The van der Waals surface area contributed by atoms with Gasteiger partial charge >= 0.3 is 5.82 Å². The second-order valence-corrected chi connectivity index (χ2v) is 9.66. The van der Waals surface area contributed by atoms with Crippen molar-refractivity contribution in [2.75, 3.05) is 11.9 Å². The first-order chi connectivity index (χ1) is 16.7. The molecule has 0 fully saturated rings. The highest BCUT2D eigenvalue weighted by Gasteiger charge is 2.33. The number of fused-ring (bicyclic) bond motifs is 1.